The molecule has 1 aromatic heterocycles. The first-order valence-electron chi connectivity index (χ1n) is 7.37. The highest BCUT2D eigenvalue weighted by Crippen LogP contribution is 2.20. The SMILES string of the molecule is CC(C)(C)C(=O)NCC1CCN(c2ncc(F)cn2)CC1. The van der Waals surface area contributed by atoms with E-state index < -0.39 is 5.82 Å². The van der Waals surface area contributed by atoms with Gasteiger partial charge in [-0.15, -0.1) is 0 Å². The Bertz CT molecular complexity index is 475. The van der Waals surface area contributed by atoms with Crippen molar-refractivity contribution in [3.63, 3.8) is 0 Å². The van der Waals surface area contributed by atoms with Gasteiger partial charge in [-0.3, -0.25) is 4.79 Å². The molecule has 1 aliphatic heterocycles. The molecule has 0 unspecified atom stereocenters. The average Bonchev–Trinajstić information content (AvgIpc) is 2.45. The summed E-state index contributed by atoms with van der Waals surface area (Å²) in [6.45, 7) is 8.13. The molecule has 0 saturated carbocycles. The van der Waals surface area contributed by atoms with Gasteiger partial charge in [0.25, 0.3) is 0 Å². The zero-order valence-corrected chi connectivity index (χ0v) is 12.9. The van der Waals surface area contributed by atoms with Gasteiger partial charge in [0.15, 0.2) is 5.82 Å². The van der Waals surface area contributed by atoms with Crippen molar-refractivity contribution in [3.8, 4) is 0 Å². The summed E-state index contributed by atoms with van der Waals surface area (Å²) in [5.41, 5.74) is -0.345. The zero-order valence-electron chi connectivity index (χ0n) is 12.9. The summed E-state index contributed by atoms with van der Waals surface area (Å²) in [4.78, 5) is 21.9. The van der Waals surface area contributed by atoms with E-state index in [1.54, 1.807) is 0 Å². The van der Waals surface area contributed by atoms with Gasteiger partial charge in [-0.2, -0.15) is 0 Å². The molecule has 2 rings (SSSR count). The highest BCUT2D eigenvalue weighted by molar-refractivity contribution is 5.81. The highest BCUT2D eigenvalue weighted by Gasteiger charge is 2.24. The van der Waals surface area contributed by atoms with Crippen LogP contribution in [0.1, 0.15) is 33.6 Å². The lowest BCUT2D eigenvalue weighted by Crippen LogP contribution is -2.42. The number of rotatable bonds is 3. The van der Waals surface area contributed by atoms with Gasteiger partial charge < -0.3 is 10.2 Å². The molecule has 21 heavy (non-hydrogen) atoms. The summed E-state index contributed by atoms with van der Waals surface area (Å²) in [6, 6.07) is 0. The lowest BCUT2D eigenvalue weighted by atomic mass is 9.93. The van der Waals surface area contributed by atoms with Gasteiger partial charge in [0, 0.05) is 25.0 Å². The lowest BCUT2D eigenvalue weighted by molar-refractivity contribution is -0.128. The number of nitrogens with zero attached hydrogens (tertiary/aromatic N) is 3. The Balaban J connectivity index is 1.78. The van der Waals surface area contributed by atoms with Crippen molar-refractivity contribution in [3.05, 3.63) is 18.2 Å². The Kier molecular flexibility index (Phi) is 4.75. The van der Waals surface area contributed by atoms with Crippen molar-refractivity contribution >= 4 is 11.9 Å². The maximum Gasteiger partial charge on any atom is 0.225 e. The van der Waals surface area contributed by atoms with Gasteiger partial charge in [0.2, 0.25) is 11.9 Å². The van der Waals surface area contributed by atoms with Gasteiger partial charge in [-0.05, 0) is 18.8 Å². The standard InChI is InChI=1S/C15H23FN4O/c1-15(2,3)13(21)17-8-11-4-6-20(7-5-11)14-18-9-12(16)10-19-14/h9-11H,4-8H2,1-3H3,(H,17,21). The molecule has 1 amide bonds. The molecule has 1 aliphatic rings. The minimum Gasteiger partial charge on any atom is -0.355 e. The van der Waals surface area contributed by atoms with E-state index in [1.165, 1.54) is 12.4 Å². The molecular formula is C15H23FN4O. The Morgan fingerprint density at radius 1 is 1.33 bits per heavy atom. The first-order chi connectivity index (χ1) is 9.86. The molecule has 1 saturated heterocycles. The van der Waals surface area contributed by atoms with Crippen molar-refractivity contribution in [2.75, 3.05) is 24.5 Å². The Morgan fingerprint density at radius 2 is 1.90 bits per heavy atom. The van der Waals surface area contributed by atoms with E-state index >= 15 is 0 Å². The van der Waals surface area contributed by atoms with E-state index in [0.717, 1.165) is 25.9 Å². The van der Waals surface area contributed by atoms with E-state index in [0.29, 0.717) is 18.4 Å². The second-order valence-electron chi connectivity index (χ2n) is 6.59. The molecule has 116 valence electrons. The Labute approximate surface area is 125 Å². The van der Waals surface area contributed by atoms with Crippen LogP contribution in [-0.4, -0.2) is 35.5 Å². The largest absolute Gasteiger partial charge is 0.355 e. The molecule has 0 radical (unpaired) electrons. The predicted octanol–water partition coefficient (Wildman–Crippen LogP) is 1.99. The van der Waals surface area contributed by atoms with Crippen LogP contribution in [-0.2, 0) is 4.79 Å². The third kappa shape index (κ3) is 4.37. The average molecular weight is 294 g/mol. The highest BCUT2D eigenvalue weighted by atomic mass is 19.1. The van der Waals surface area contributed by atoms with Gasteiger partial charge in [0.1, 0.15) is 0 Å². The van der Waals surface area contributed by atoms with Crippen LogP contribution < -0.4 is 10.2 Å². The van der Waals surface area contributed by atoms with Crippen molar-refractivity contribution in [1.29, 1.82) is 0 Å². The fraction of sp³-hybridized carbons (Fsp3) is 0.667. The molecule has 5 nitrogen and oxygen atoms in total. The number of halogens is 1. The lowest BCUT2D eigenvalue weighted by Gasteiger charge is -2.32. The molecular weight excluding hydrogens is 271 g/mol. The monoisotopic (exact) mass is 294 g/mol. The zero-order chi connectivity index (χ0) is 15.5. The van der Waals surface area contributed by atoms with Crippen LogP contribution in [0.4, 0.5) is 10.3 Å². The quantitative estimate of drug-likeness (QED) is 0.926. The molecule has 0 aromatic carbocycles. The first kappa shape index (κ1) is 15.7. The molecule has 0 atom stereocenters. The van der Waals surface area contributed by atoms with E-state index in [-0.39, 0.29) is 11.3 Å². The minimum absolute atomic E-state index is 0.0896. The maximum absolute atomic E-state index is 12.8. The second-order valence-corrected chi connectivity index (χ2v) is 6.59. The maximum atomic E-state index is 12.8. The third-order valence-electron chi connectivity index (χ3n) is 3.74. The third-order valence-corrected chi connectivity index (χ3v) is 3.74. The Morgan fingerprint density at radius 3 is 2.43 bits per heavy atom. The van der Waals surface area contributed by atoms with E-state index in [4.69, 9.17) is 0 Å². The predicted molar refractivity (Wildman–Crippen MR) is 79.4 cm³/mol. The number of aromatic nitrogens is 2. The number of piperidine rings is 1. The van der Waals surface area contributed by atoms with Gasteiger partial charge >= 0.3 is 0 Å². The van der Waals surface area contributed by atoms with Crippen molar-refractivity contribution in [2.45, 2.75) is 33.6 Å². The van der Waals surface area contributed by atoms with Crippen LogP contribution in [0.3, 0.4) is 0 Å². The molecule has 2 heterocycles. The number of anilines is 1. The number of carbonyl (C=O) groups is 1. The topological polar surface area (TPSA) is 58.1 Å². The van der Waals surface area contributed by atoms with E-state index in [1.807, 2.05) is 20.8 Å². The first-order valence-corrected chi connectivity index (χ1v) is 7.37. The van der Waals surface area contributed by atoms with Crippen LogP contribution in [0.5, 0.6) is 0 Å². The number of hydrogen-bond acceptors (Lipinski definition) is 4. The minimum atomic E-state index is -0.418. The summed E-state index contributed by atoms with van der Waals surface area (Å²) in [5.74, 6) is 0.729. The van der Waals surface area contributed by atoms with Crippen LogP contribution in [0.2, 0.25) is 0 Å². The van der Waals surface area contributed by atoms with Gasteiger partial charge in [0.05, 0.1) is 12.4 Å². The van der Waals surface area contributed by atoms with Crippen molar-refractivity contribution < 1.29 is 9.18 Å². The summed E-state index contributed by atoms with van der Waals surface area (Å²) >= 11 is 0. The summed E-state index contributed by atoms with van der Waals surface area (Å²) in [5, 5.41) is 3.02. The molecule has 1 N–H and O–H groups in total. The van der Waals surface area contributed by atoms with Crippen LogP contribution in [0.25, 0.3) is 0 Å². The fourth-order valence-corrected chi connectivity index (χ4v) is 2.31. The van der Waals surface area contributed by atoms with Crippen LogP contribution >= 0.6 is 0 Å². The summed E-state index contributed by atoms with van der Waals surface area (Å²) in [6.07, 6.45) is 4.34. The normalized spacial score (nSPS) is 16.9. The summed E-state index contributed by atoms with van der Waals surface area (Å²) < 4.78 is 12.8. The number of nitrogens with one attached hydrogen (secondary N) is 1. The van der Waals surface area contributed by atoms with Crippen molar-refractivity contribution in [2.24, 2.45) is 11.3 Å². The van der Waals surface area contributed by atoms with E-state index in [2.05, 4.69) is 20.2 Å². The molecule has 0 aliphatic carbocycles. The molecule has 1 fully saturated rings. The second kappa shape index (κ2) is 6.37. The van der Waals surface area contributed by atoms with Gasteiger partial charge in [-0.1, -0.05) is 20.8 Å². The van der Waals surface area contributed by atoms with E-state index in [9.17, 15) is 9.18 Å². The Hall–Kier alpha value is -1.72. The van der Waals surface area contributed by atoms with Crippen LogP contribution in [0, 0.1) is 17.2 Å². The van der Waals surface area contributed by atoms with Crippen molar-refractivity contribution in [1.82, 2.24) is 15.3 Å². The number of amides is 1. The molecule has 0 spiro atoms. The van der Waals surface area contributed by atoms with Gasteiger partial charge in [-0.25, -0.2) is 14.4 Å². The summed E-state index contributed by atoms with van der Waals surface area (Å²) in [7, 11) is 0. The molecule has 6 heteroatoms. The fourth-order valence-electron chi connectivity index (χ4n) is 2.31. The van der Waals surface area contributed by atoms with Crippen LogP contribution in [0.15, 0.2) is 12.4 Å². The number of carbonyl (C=O) groups excluding carboxylic acids is 1. The number of hydrogen-bond donors (Lipinski definition) is 1. The molecule has 0 bridgehead atoms. The smallest absolute Gasteiger partial charge is 0.225 e. The molecule has 1 aromatic rings.